The number of hydrogen-bond donors (Lipinski definition) is 2. The van der Waals surface area contributed by atoms with Gasteiger partial charge in [0, 0.05) is 17.3 Å². The number of aliphatic hydroxyl groups excluding tert-OH is 1. The van der Waals surface area contributed by atoms with Gasteiger partial charge in [0.15, 0.2) is 0 Å². The molecule has 3 atom stereocenters. The third-order valence-electron chi connectivity index (χ3n) is 5.84. The largest absolute Gasteiger partial charge is 0.469 e. The van der Waals surface area contributed by atoms with Gasteiger partial charge in [-0.05, 0) is 44.2 Å². The lowest BCUT2D eigenvalue weighted by Gasteiger charge is -2.25. The van der Waals surface area contributed by atoms with Crippen LogP contribution in [0.15, 0.2) is 35.2 Å². The molecule has 0 saturated carbocycles. The van der Waals surface area contributed by atoms with Gasteiger partial charge in [-0.1, -0.05) is 86.0 Å². The highest BCUT2D eigenvalue weighted by atomic mass is 79.9. The third-order valence-corrected chi connectivity index (χ3v) is 8.44. The molecule has 1 aromatic rings. The summed E-state index contributed by atoms with van der Waals surface area (Å²) in [4.78, 5) is 11.3. The first-order chi connectivity index (χ1) is 15.8. The third kappa shape index (κ3) is 13.5. The highest BCUT2D eigenvalue weighted by Crippen LogP contribution is 2.22. The van der Waals surface area contributed by atoms with Crippen LogP contribution in [0.3, 0.4) is 0 Å². The highest BCUT2D eigenvalue weighted by Gasteiger charge is 2.25. The van der Waals surface area contributed by atoms with Gasteiger partial charge < -0.3 is 9.84 Å². The normalized spacial score (nSPS) is 14.5. The zero-order chi connectivity index (χ0) is 24.5. The first kappa shape index (κ1) is 30.1. The van der Waals surface area contributed by atoms with Crippen LogP contribution in [-0.4, -0.2) is 43.6 Å². The maximum atomic E-state index is 12.8. The smallest absolute Gasteiger partial charge is 0.305 e. The molecule has 0 aliphatic rings. The van der Waals surface area contributed by atoms with Crippen LogP contribution < -0.4 is 4.72 Å². The molecule has 2 N–H and O–H groups in total. The Morgan fingerprint density at radius 1 is 0.970 bits per heavy atom. The number of unbranched alkanes of at least 4 members (excludes halogenated alkanes) is 6. The number of nitrogens with one attached hydrogen (secondary N) is 1. The van der Waals surface area contributed by atoms with Crippen molar-refractivity contribution in [1.82, 2.24) is 4.72 Å². The summed E-state index contributed by atoms with van der Waals surface area (Å²) >= 11 is 3.70. The number of rotatable bonds is 19. The molecule has 1 rings (SSSR count). The van der Waals surface area contributed by atoms with Crippen molar-refractivity contribution in [3.05, 3.63) is 30.3 Å². The minimum absolute atomic E-state index is 0.0409. The number of halogens is 1. The molecule has 0 aliphatic carbocycles. The van der Waals surface area contributed by atoms with Crippen LogP contribution in [-0.2, 0) is 19.6 Å². The lowest BCUT2D eigenvalue weighted by Crippen LogP contribution is -2.41. The summed E-state index contributed by atoms with van der Waals surface area (Å²) in [5.74, 6) is -0.159. The molecule has 0 radical (unpaired) electrons. The molecule has 1 aromatic carbocycles. The van der Waals surface area contributed by atoms with Crippen LogP contribution in [0, 0.1) is 0 Å². The Labute approximate surface area is 209 Å². The van der Waals surface area contributed by atoms with E-state index in [-0.39, 0.29) is 27.8 Å². The maximum Gasteiger partial charge on any atom is 0.305 e. The quantitative estimate of drug-likeness (QED) is 0.131. The summed E-state index contributed by atoms with van der Waals surface area (Å²) in [7, 11) is -2.17. The van der Waals surface area contributed by atoms with E-state index in [2.05, 4.69) is 32.3 Å². The van der Waals surface area contributed by atoms with Gasteiger partial charge >= 0.3 is 5.97 Å². The van der Waals surface area contributed by atoms with Gasteiger partial charge in [-0.25, -0.2) is 13.1 Å². The van der Waals surface area contributed by atoms with E-state index >= 15 is 0 Å². The fourth-order valence-electron chi connectivity index (χ4n) is 3.77. The molecule has 0 bridgehead atoms. The summed E-state index contributed by atoms with van der Waals surface area (Å²) in [6, 6.07) is 8.24. The molecule has 0 aromatic heterocycles. The minimum atomic E-state index is -3.58. The Hall–Kier alpha value is -0.960. The summed E-state index contributed by atoms with van der Waals surface area (Å²) in [6.07, 6.45) is 10.9. The predicted molar refractivity (Wildman–Crippen MR) is 137 cm³/mol. The zero-order valence-electron chi connectivity index (χ0n) is 20.2. The van der Waals surface area contributed by atoms with Crippen LogP contribution >= 0.6 is 15.9 Å². The van der Waals surface area contributed by atoms with Crippen molar-refractivity contribution in [3.8, 4) is 0 Å². The second-order valence-corrected chi connectivity index (χ2v) is 11.6. The number of alkyl halides is 1. The van der Waals surface area contributed by atoms with Crippen LogP contribution in [0.1, 0.15) is 90.4 Å². The summed E-state index contributed by atoms with van der Waals surface area (Å²) in [6.45, 7) is 2.13. The lowest BCUT2D eigenvalue weighted by atomic mass is 9.99. The first-order valence-corrected chi connectivity index (χ1v) is 14.7. The second kappa shape index (κ2) is 17.5. The molecule has 0 heterocycles. The number of carbonyl (C=O) groups excluding carboxylic acids is 1. The van der Waals surface area contributed by atoms with Crippen molar-refractivity contribution < 1.29 is 23.1 Å². The van der Waals surface area contributed by atoms with E-state index in [4.69, 9.17) is 0 Å². The van der Waals surface area contributed by atoms with Crippen molar-refractivity contribution >= 4 is 31.9 Å². The summed E-state index contributed by atoms with van der Waals surface area (Å²) in [5.41, 5.74) is 0. The van der Waals surface area contributed by atoms with Gasteiger partial charge in [0.2, 0.25) is 10.0 Å². The fraction of sp³-hybridized carbons (Fsp3) is 0.720. The van der Waals surface area contributed by atoms with Crippen LogP contribution in [0.25, 0.3) is 0 Å². The van der Waals surface area contributed by atoms with Gasteiger partial charge in [-0.15, -0.1) is 0 Å². The van der Waals surface area contributed by atoms with Crippen molar-refractivity contribution in [2.24, 2.45) is 0 Å². The molecule has 0 spiro atoms. The molecular weight excluding hydrogens is 506 g/mol. The molecule has 8 heteroatoms. The fourth-order valence-corrected chi connectivity index (χ4v) is 5.94. The number of ether oxygens (including phenoxy) is 1. The number of carbonyl (C=O) groups is 1. The molecule has 0 aliphatic heterocycles. The van der Waals surface area contributed by atoms with Gasteiger partial charge in [-0.3, -0.25) is 4.79 Å². The van der Waals surface area contributed by atoms with E-state index in [0.717, 1.165) is 64.2 Å². The van der Waals surface area contributed by atoms with Gasteiger partial charge in [0.25, 0.3) is 0 Å². The first-order valence-electron chi connectivity index (χ1n) is 12.3. The van der Waals surface area contributed by atoms with Crippen molar-refractivity contribution in [2.75, 3.05) is 7.11 Å². The number of esters is 1. The Bertz CT molecular complexity index is 744. The Morgan fingerprint density at radius 2 is 1.61 bits per heavy atom. The number of methoxy groups -OCH3 is 1. The summed E-state index contributed by atoms with van der Waals surface area (Å²) < 4.78 is 33.2. The number of benzene rings is 1. The highest BCUT2D eigenvalue weighted by molar-refractivity contribution is 9.09. The SMILES string of the molecule is CCCCCC(NS(=O)(=O)c1ccccc1)C(Br)CCC(O)CCCCCCCC(=O)OC. The molecule has 0 amide bonds. The number of aliphatic hydroxyl groups is 1. The van der Waals surface area contributed by atoms with E-state index in [9.17, 15) is 18.3 Å². The predicted octanol–water partition coefficient (Wildman–Crippen LogP) is 5.72. The average molecular weight is 549 g/mol. The topological polar surface area (TPSA) is 92.7 Å². The van der Waals surface area contributed by atoms with E-state index in [0.29, 0.717) is 19.3 Å². The van der Waals surface area contributed by atoms with Crippen LogP contribution in [0.2, 0.25) is 0 Å². The number of hydrogen-bond acceptors (Lipinski definition) is 5. The molecule has 0 fully saturated rings. The maximum absolute atomic E-state index is 12.8. The van der Waals surface area contributed by atoms with E-state index < -0.39 is 10.0 Å². The molecule has 6 nitrogen and oxygen atoms in total. The molecule has 33 heavy (non-hydrogen) atoms. The molecule has 0 saturated heterocycles. The van der Waals surface area contributed by atoms with Crippen LogP contribution in [0.5, 0.6) is 0 Å². The standard InChI is InChI=1S/C25H42BrNO5S/c1-3-4-9-17-24(27-33(30,31)22-15-11-8-12-16-22)23(26)20-19-21(28)14-10-6-5-7-13-18-25(29)32-2/h8,11-12,15-16,21,23-24,27-28H,3-7,9-10,13-14,17-20H2,1-2H3. The Kier molecular flexibility index (Phi) is 15.9. The molecular formula is C25H42BrNO5S. The van der Waals surface area contributed by atoms with E-state index in [1.807, 2.05) is 0 Å². The Morgan fingerprint density at radius 3 is 2.27 bits per heavy atom. The van der Waals surface area contributed by atoms with Gasteiger partial charge in [0.05, 0.1) is 18.1 Å². The van der Waals surface area contributed by atoms with Crippen LogP contribution in [0.4, 0.5) is 0 Å². The average Bonchev–Trinajstić information content (AvgIpc) is 2.81. The lowest BCUT2D eigenvalue weighted by molar-refractivity contribution is -0.140. The molecule has 190 valence electrons. The second-order valence-electron chi connectivity index (χ2n) is 8.67. The molecule has 3 unspecified atom stereocenters. The van der Waals surface area contributed by atoms with E-state index in [1.54, 1.807) is 30.3 Å². The van der Waals surface area contributed by atoms with Crippen molar-refractivity contribution in [1.29, 1.82) is 0 Å². The minimum Gasteiger partial charge on any atom is -0.469 e. The van der Waals surface area contributed by atoms with Gasteiger partial charge in [0.1, 0.15) is 0 Å². The van der Waals surface area contributed by atoms with E-state index in [1.165, 1.54) is 7.11 Å². The zero-order valence-corrected chi connectivity index (χ0v) is 22.6. The monoisotopic (exact) mass is 547 g/mol. The van der Waals surface area contributed by atoms with Gasteiger partial charge in [-0.2, -0.15) is 0 Å². The Balaban J connectivity index is 2.42. The number of sulfonamides is 1. The van der Waals surface area contributed by atoms with Crippen molar-refractivity contribution in [3.63, 3.8) is 0 Å². The van der Waals surface area contributed by atoms with Crippen molar-refractivity contribution in [2.45, 2.75) is 112 Å². The summed E-state index contributed by atoms with van der Waals surface area (Å²) in [5, 5.41) is 10.4.